The van der Waals surface area contributed by atoms with E-state index in [0.29, 0.717) is 137 Å². The van der Waals surface area contributed by atoms with Crippen LogP contribution in [0.4, 0.5) is 32.1 Å². The van der Waals surface area contributed by atoms with Gasteiger partial charge in [0.1, 0.15) is 40.6 Å². The second kappa shape index (κ2) is 33.9. The first-order valence-electron chi connectivity index (χ1n) is 39.2. The van der Waals surface area contributed by atoms with E-state index >= 15 is 4.39 Å². The van der Waals surface area contributed by atoms with Crippen molar-refractivity contribution in [2.24, 2.45) is 0 Å². The number of rotatable bonds is 15. The van der Waals surface area contributed by atoms with Gasteiger partial charge in [-0.05, 0) is 188 Å². The summed E-state index contributed by atoms with van der Waals surface area (Å²) in [6.45, 7) is 38.0. The number of carbonyl (C=O) groups is 3. The van der Waals surface area contributed by atoms with Crippen molar-refractivity contribution in [3.05, 3.63) is 216 Å². The third kappa shape index (κ3) is 15.7. The molecule has 4 aliphatic heterocycles. The molecule has 0 N–H and O–H groups in total. The summed E-state index contributed by atoms with van der Waals surface area (Å²) < 4.78 is 35.2. The third-order valence-electron chi connectivity index (χ3n) is 22.4. The molecule has 114 heavy (non-hydrogen) atoms. The van der Waals surface area contributed by atoms with Crippen LogP contribution in [0.3, 0.4) is 0 Å². The van der Waals surface area contributed by atoms with Gasteiger partial charge in [-0.2, -0.15) is 15.0 Å². The van der Waals surface area contributed by atoms with Crippen molar-refractivity contribution in [2.75, 3.05) is 85.0 Å². The lowest BCUT2D eigenvalue weighted by Gasteiger charge is -2.40. The standard InChI is InChI=1S/C31H39ClN6O2.C30H28F2N6O2.C25H29ClN6O2/c1-6-22-13-11-14-23(7-2)27(22)38-29-24(18-25(32)30(33-29)36-15-10-9-12-20(36)4)28(34-31(38)40)37-17-16-35(19-21(37)5)26(39)8-3;1-4-25(39)36-13-14-37(17(2)16-36)28-22-15-24(32)26(21-7-5-6-8-23(21)31)34-29(22)38(30(40)35-28)27-18(3)33-12-11-20(27)19-9-10-19;1-7-20(33)30-10-11-31(16(5)13-30)23-18-12-19(26)17(6)28-24(18)32(25(34)29-23)22-15(4)8-9-27-21(22)14(2)3/h8,11,13-14,18,20-21H,3,6-7,9-10,12,15-17,19H2,1-2,4-5H3;4-8,11-12,15,17,19H,1,9-10,13-14,16H2,2-3H3;7-9,12,14,16H,1,10-11,13H2,2-6H3/t20-,21+;17-;16-/m100/s1. The normalized spacial score (nSPS) is 17.9. The van der Waals surface area contributed by atoms with Gasteiger partial charge in [-0.3, -0.25) is 24.4 Å². The molecule has 28 heteroatoms. The number of nitrogens with zero attached hydrogens (tertiary/aromatic N) is 18. The third-order valence-corrected chi connectivity index (χ3v) is 23.1. The summed E-state index contributed by atoms with van der Waals surface area (Å²) in [5.41, 5.74) is 7.87. The Kier molecular flexibility index (Phi) is 24.1. The molecule has 5 fully saturated rings. The lowest BCUT2D eigenvalue weighted by Crippen LogP contribution is -2.54. The van der Waals surface area contributed by atoms with Gasteiger partial charge >= 0.3 is 17.1 Å². The van der Waals surface area contributed by atoms with Gasteiger partial charge < -0.3 is 34.3 Å². The molecule has 0 radical (unpaired) electrons. The molecule has 3 amide bonds. The summed E-state index contributed by atoms with van der Waals surface area (Å²) in [6.07, 6.45) is 14.3. The lowest BCUT2D eigenvalue weighted by molar-refractivity contribution is -0.127. The highest BCUT2D eigenvalue weighted by molar-refractivity contribution is 6.34. The van der Waals surface area contributed by atoms with Crippen LogP contribution in [0.1, 0.15) is 139 Å². The predicted molar refractivity (Wildman–Crippen MR) is 447 cm³/mol. The number of aromatic nitrogens is 11. The van der Waals surface area contributed by atoms with E-state index in [-0.39, 0.29) is 76.1 Å². The number of hydrogen-bond acceptors (Lipinski definition) is 18. The molecule has 12 heterocycles. The quantitative estimate of drug-likeness (QED) is 0.0866. The van der Waals surface area contributed by atoms with Gasteiger partial charge in [0, 0.05) is 108 Å². The molecule has 4 saturated heterocycles. The topological polar surface area (TPSA) is 243 Å². The summed E-state index contributed by atoms with van der Waals surface area (Å²) in [7, 11) is 0. The van der Waals surface area contributed by atoms with Crippen LogP contribution >= 0.6 is 23.2 Å². The molecule has 1 saturated carbocycles. The minimum atomic E-state index is -0.732. The Hall–Kier alpha value is -11.1. The van der Waals surface area contributed by atoms with E-state index < -0.39 is 23.0 Å². The van der Waals surface area contributed by atoms with Crippen molar-refractivity contribution >= 4 is 97.3 Å². The number of piperidine rings is 1. The minimum Gasteiger partial charge on any atom is -0.353 e. The average molecular weight is 1590 g/mol. The number of amides is 3. The van der Waals surface area contributed by atoms with Crippen molar-refractivity contribution in [3.8, 4) is 28.3 Å². The van der Waals surface area contributed by atoms with Crippen LogP contribution in [0.2, 0.25) is 10.0 Å². The van der Waals surface area contributed by atoms with Crippen LogP contribution in [0, 0.1) is 32.4 Å². The molecule has 10 aromatic rings. The van der Waals surface area contributed by atoms with Gasteiger partial charge in [-0.1, -0.05) is 101 Å². The van der Waals surface area contributed by atoms with Crippen molar-refractivity contribution < 1.29 is 23.2 Å². The molecular weight excluding hydrogens is 1490 g/mol. The van der Waals surface area contributed by atoms with E-state index in [1.807, 2.05) is 95.5 Å². The Morgan fingerprint density at radius 3 is 1.46 bits per heavy atom. The smallest absolute Gasteiger partial charge is 0.353 e. The number of pyridine rings is 5. The van der Waals surface area contributed by atoms with E-state index in [4.69, 9.17) is 33.2 Å². The minimum absolute atomic E-state index is 0.00509. The summed E-state index contributed by atoms with van der Waals surface area (Å²) in [6, 6.07) is 20.8. The van der Waals surface area contributed by atoms with E-state index in [9.17, 15) is 33.2 Å². The largest absolute Gasteiger partial charge is 0.355 e. The Bertz CT molecular complexity index is 5650. The Balaban J connectivity index is 0.000000150. The maximum Gasteiger partial charge on any atom is 0.355 e. The van der Waals surface area contributed by atoms with E-state index in [0.717, 1.165) is 84.1 Å². The summed E-state index contributed by atoms with van der Waals surface area (Å²) >= 11 is 13.5. The van der Waals surface area contributed by atoms with Crippen molar-refractivity contribution in [3.63, 3.8) is 0 Å². The highest BCUT2D eigenvalue weighted by atomic mass is 35.5. The van der Waals surface area contributed by atoms with Crippen LogP contribution in [-0.4, -0.2) is 176 Å². The number of anilines is 4. The summed E-state index contributed by atoms with van der Waals surface area (Å²) in [4.78, 5) is 129. The number of halogens is 4. The van der Waals surface area contributed by atoms with Crippen LogP contribution in [-0.2, 0) is 27.2 Å². The number of aryl methyl sites for hydroxylation is 5. The molecule has 0 spiro atoms. The zero-order chi connectivity index (χ0) is 81.4. The molecule has 594 valence electrons. The molecule has 8 aromatic heterocycles. The molecule has 4 atom stereocenters. The molecular formula is C86H96Cl2F2N18O6. The molecule has 5 aliphatic rings. The van der Waals surface area contributed by atoms with E-state index in [1.54, 1.807) is 42.3 Å². The fraction of sp³-hybridized carbons (Fsp3) is 0.395. The van der Waals surface area contributed by atoms with Gasteiger partial charge in [0.05, 0.1) is 60.3 Å². The first kappa shape index (κ1) is 80.9. The number of carbonyl (C=O) groups excluding carboxylic acids is 3. The fourth-order valence-corrected chi connectivity index (χ4v) is 16.7. The average Bonchev–Trinajstić information content (AvgIpc) is 0.861. The zero-order valence-electron chi connectivity index (χ0n) is 66.4. The number of fused-ring (bicyclic) bond motifs is 3. The summed E-state index contributed by atoms with van der Waals surface area (Å²) in [5, 5.41) is 2.80. The van der Waals surface area contributed by atoms with E-state index in [2.05, 4.69) is 92.3 Å². The van der Waals surface area contributed by atoms with E-state index in [1.165, 1.54) is 53.5 Å². The number of para-hydroxylation sites is 1. The second-order valence-electron chi connectivity index (χ2n) is 30.3. The SMILES string of the molecule is C=CC(=O)N1CCN(c2nc(=O)n(-c3c(C)ccnc3C(C)C)c3nc(C)c(Cl)cc23)[C@@H](C)C1.C=CC(=O)N1CCN(c2nc(=O)n(-c3c(C4CC4)ccnc3C)c3nc(-c4ccccc4F)c(F)cc23)[C@@H](C)C1.C=CC(=O)N1CCN(c2nc(=O)n(-c3c(CC)cccc3CC)c3nc(N4CCCC[C@H]4C)c(Cl)cc23)[C@@H](C)C1. The van der Waals surface area contributed by atoms with Gasteiger partial charge in [-0.15, -0.1) is 0 Å². The highest BCUT2D eigenvalue weighted by Crippen LogP contribution is 2.45. The van der Waals surface area contributed by atoms with Crippen LogP contribution in [0.5, 0.6) is 0 Å². The van der Waals surface area contributed by atoms with Crippen LogP contribution in [0.25, 0.3) is 61.4 Å². The van der Waals surface area contributed by atoms with Crippen LogP contribution in [0.15, 0.2) is 138 Å². The molecule has 1 aliphatic carbocycles. The first-order chi connectivity index (χ1) is 54.7. The number of benzene rings is 2. The first-order valence-corrected chi connectivity index (χ1v) is 39.9. The molecule has 24 nitrogen and oxygen atoms in total. The van der Waals surface area contributed by atoms with Gasteiger partial charge in [0.2, 0.25) is 17.7 Å². The number of hydrogen-bond donors (Lipinski definition) is 0. The van der Waals surface area contributed by atoms with Gasteiger partial charge in [0.15, 0.2) is 16.9 Å². The maximum absolute atomic E-state index is 15.7. The predicted octanol–water partition coefficient (Wildman–Crippen LogP) is 13.5. The van der Waals surface area contributed by atoms with Crippen molar-refractivity contribution in [1.82, 2.24) is 68.3 Å². The van der Waals surface area contributed by atoms with Gasteiger partial charge in [-0.25, -0.2) is 51.8 Å². The molecule has 2 aromatic carbocycles. The van der Waals surface area contributed by atoms with Gasteiger partial charge in [0.25, 0.3) is 0 Å². The Morgan fingerprint density at radius 2 is 0.974 bits per heavy atom. The van der Waals surface area contributed by atoms with Crippen molar-refractivity contribution in [2.45, 2.75) is 157 Å². The molecule has 15 rings (SSSR count). The second-order valence-corrected chi connectivity index (χ2v) is 31.1. The fourth-order valence-electron chi connectivity index (χ4n) is 16.3. The molecule has 0 bridgehead atoms. The highest BCUT2D eigenvalue weighted by Gasteiger charge is 2.37. The maximum atomic E-state index is 15.7. The Morgan fingerprint density at radius 1 is 0.500 bits per heavy atom. The monoisotopic (exact) mass is 1580 g/mol. The number of piperazine rings is 3. The van der Waals surface area contributed by atoms with Crippen LogP contribution < -0.4 is 36.7 Å². The lowest BCUT2D eigenvalue weighted by atomic mass is 10.0. The zero-order valence-corrected chi connectivity index (χ0v) is 67.9. The van der Waals surface area contributed by atoms with Crippen molar-refractivity contribution in [1.29, 1.82) is 0 Å². The summed E-state index contributed by atoms with van der Waals surface area (Å²) in [5.74, 6) is 0.728. The molecule has 0 unspecified atom stereocenters. The Labute approximate surface area is 671 Å².